The Bertz CT molecular complexity index is 157. The van der Waals surface area contributed by atoms with E-state index in [0.29, 0.717) is 11.4 Å². The highest BCUT2D eigenvalue weighted by Crippen LogP contribution is 2.19. The summed E-state index contributed by atoms with van der Waals surface area (Å²) in [4.78, 5) is 0. The maximum absolute atomic E-state index is 5.57. The van der Waals surface area contributed by atoms with Gasteiger partial charge in [0.2, 0.25) is 0 Å². The number of rotatable bonds is 7. The van der Waals surface area contributed by atoms with Crippen molar-refractivity contribution in [2.45, 2.75) is 31.1 Å². The van der Waals surface area contributed by atoms with Gasteiger partial charge in [0.05, 0.1) is 6.10 Å². The number of ether oxygens (including phenoxy) is 1. The Morgan fingerprint density at radius 1 is 1.71 bits per heavy atom. The van der Waals surface area contributed by atoms with Crippen LogP contribution in [0.1, 0.15) is 19.8 Å². The Morgan fingerprint density at radius 2 is 2.57 bits per heavy atom. The number of thioether (sulfide) groups is 1. The van der Waals surface area contributed by atoms with E-state index in [1.807, 2.05) is 17.8 Å². The van der Waals surface area contributed by atoms with Crippen LogP contribution in [0.2, 0.25) is 0 Å². The Kier molecular flexibility index (Phi) is 6.32. The molecule has 0 saturated carbocycles. The molecule has 1 N–H and O–H groups in total. The average molecular weight is 215 g/mol. The summed E-state index contributed by atoms with van der Waals surface area (Å²) < 4.78 is 5.57. The van der Waals surface area contributed by atoms with E-state index in [4.69, 9.17) is 4.74 Å². The van der Waals surface area contributed by atoms with Crippen LogP contribution in [0, 0.1) is 0 Å². The Hall–Kier alpha value is 0.01000. The van der Waals surface area contributed by atoms with Gasteiger partial charge in [-0.2, -0.15) is 11.8 Å². The Balaban J connectivity index is 1.96. The monoisotopic (exact) mass is 215 g/mol. The van der Waals surface area contributed by atoms with Crippen LogP contribution < -0.4 is 5.32 Å². The average Bonchev–Trinajstić information content (AvgIpc) is 2.68. The van der Waals surface area contributed by atoms with E-state index >= 15 is 0 Å². The predicted octanol–water partition coefficient (Wildman–Crippen LogP) is 2.06. The van der Waals surface area contributed by atoms with Crippen molar-refractivity contribution in [3.05, 3.63) is 12.7 Å². The van der Waals surface area contributed by atoms with Crippen molar-refractivity contribution in [2.24, 2.45) is 0 Å². The lowest BCUT2D eigenvalue weighted by Crippen LogP contribution is -2.24. The van der Waals surface area contributed by atoms with Gasteiger partial charge in [-0.25, -0.2) is 0 Å². The van der Waals surface area contributed by atoms with Crippen LogP contribution in [-0.2, 0) is 4.74 Å². The summed E-state index contributed by atoms with van der Waals surface area (Å²) in [6.07, 6.45) is 4.91. The largest absolute Gasteiger partial charge is 0.377 e. The van der Waals surface area contributed by atoms with Crippen LogP contribution in [-0.4, -0.2) is 36.8 Å². The summed E-state index contributed by atoms with van der Waals surface area (Å²) in [6.45, 7) is 8.87. The first-order valence-corrected chi connectivity index (χ1v) is 6.42. The number of hydrogen-bond donors (Lipinski definition) is 1. The van der Waals surface area contributed by atoms with Gasteiger partial charge in [0.1, 0.15) is 0 Å². The van der Waals surface area contributed by atoms with Crippen LogP contribution in [0.4, 0.5) is 0 Å². The van der Waals surface area contributed by atoms with E-state index in [-0.39, 0.29) is 0 Å². The second kappa shape index (κ2) is 7.32. The predicted molar refractivity (Wildman–Crippen MR) is 64.0 cm³/mol. The molecule has 0 aromatic carbocycles. The maximum atomic E-state index is 5.57. The minimum atomic E-state index is 0.516. The molecule has 0 aromatic rings. The Labute approximate surface area is 91.5 Å². The minimum Gasteiger partial charge on any atom is -0.377 e. The van der Waals surface area contributed by atoms with E-state index in [0.717, 1.165) is 25.4 Å². The molecule has 0 radical (unpaired) electrons. The third-order valence-electron chi connectivity index (χ3n) is 2.31. The highest BCUT2D eigenvalue weighted by atomic mass is 32.2. The van der Waals surface area contributed by atoms with Gasteiger partial charge < -0.3 is 10.1 Å². The molecule has 0 aromatic heterocycles. The van der Waals surface area contributed by atoms with E-state index in [1.54, 1.807) is 0 Å². The van der Waals surface area contributed by atoms with E-state index in [2.05, 4.69) is 18.8 Å². The van der Waals surface area contributed by atoms with Crippen molar-refractivity contribution in [2.75, 3.05) is 25.4 Å². The molecule has 14 heavy (non-hydrogen) atoms. The molecule has 2 unspecified atom stereocenters. The lowest BCUT2D eigenvalue weighted by molar-refractivity contribution is 0.129. The molecule has 0 aliphatic carbocycles. The molecular formula is C11H21NOS. The summed E-state index contributed by atoms with van der Waals surface area (Å²) in [7, 11) is 0. The van der Waals surface area contributed by atoms with Crippen LogP contribution in [0.3, 0.4) is 0 Å². The van der Waals surface area contributed by atoms with Gasteiger partial charge in [-0.3, -0.25) is 0 Å². The zero-order valence-electron chi connectivity index (χ0n) is 9.00. The molecular weight excluding hydrogens is 194 g/mol. The van der Waals surface area contributed by atoms with Crippen molar-refractivity contribution >= 4 is 11.8 Å². The van der Waals surface area contributed by atoms with Gasteiger partial charge in [-0.15, -0.1) is 6.58 Å². The van der Waals surface area contributed by atoms with Crippen LogP contribution in [0.5, 0.6) is 0 Å². The number of hydrogen-bond acceptors (Lipinski definition) is 3. The molecule has 82 valence electrons. The summed E-state index contributed by atoms with van der Waals surface area (Å²) in [5, 5.41) is 4.00. The normalized spacial score (nSPS) is 23.6. The molecule has 1 saturated heterocycles. The van der Waals surface area contributed by atoms with Gasteiger partial charge in [0.25, 0.3) is 0 Å². The fourth-order valence-electron chi connectivity index (χ4n) is 1.49. The molecule has 2 nitrogen and oxygen atoms in total. The summed E-state index contributed by atoms with van der Waals surface area (Å²) in [6, 6.07) is 0. The highest BCUT2D eigenvalue weighted by molar-refractivity contribution is 7.99. The van der Waals surface area contributed by atoms with Crippen molar-refractivity contribution < 1.29 is 4.74 Å². The first kappa shape index (κ1) is 12.1. The summed E-state index contributed by atoms with van der Waals surface area (Å²) in [5.41, 5.74) is 0. The molecule has 0 amide bonds. The number of nitrogens with one attached hydrogen (secondary N) is 1. The van der Waals surface area contributed by atoms with Crippen molar-refractivity contribution in [1.29, 1.82) is 0 Å². The first-order chi connectivity index (χ1) is 6.83. The van der Waals surface area contributed by atoms with Crippen molar-refractivity contribution in [3.8, 4) is 0 Å². The molecule has 1 rings (SSSR count). The second-order valence-corrected chi connectivity index (χ2v) is 5.20. The standard InChI is InChI=1S/C11H21NOS/c1-3-6-12-8-10(2)14-9-11-5-4-7-13-11/h3,10-12H,1,4-9H2,2H3. The van der Waals surface area contributed by atoms with Crippen LogP contribution in [0.15, 0.2) is 12.7 Å². The molecule has 0 bridgehead atoms. The molecule has 0 spiro atoms. The van der Waals surface area contributed by atoms with E-state index in [9.17, 15) is 0 Å². The molecule has 1 fully saturated rings. The zero-order valence-corrected chi connectivity index (χ0v) is 9.81. The molecule has 1 heterocycles. The third kappa shape index (κ3) is 5.03. The summed E-state index contributed by atoms with van der Waals surface area (Å²) >= 11 is 2.00. The smallest absolute Gasteiger partial charge is 0.0666 e. The van der Waals surface area contributed by atoms with Gasteiger partial charge in [0.15, 0.2) is 0 Å². The molecule has 1 aliphatic rings. The van der Waals surface area contributed by atoms with E-state index < -0.39 is 0 Å². The second-order valence-electron chi connectivity index (χ2n) is 3.73. The Morgan fingerprint density at radius 3 is 3.21 bits per heavy atom. The molecule has 3 heteroatoms. The van der Waals surface area contributed by atoms with Crippen molar-refractivity contribution in [3.63, 3.8) is 0 Å². The van der Waals surface area contributed by atoms with Crippen LogP contribution in [0.25, 0.3) is 0 Å². The van der Waals surface area contributed by atoms with Gasteiger partial charge in [0, 0.05) is 30.7 Å². The van der Waals surface area contributed by atoms with Gasteiger partial charge in [-0.05, 0) is 12.8 Å². The SMILES string of the molecule is C=CCNCC(C)SCC1CCCO1. The quantitative estimate of drug-likeness (QED) is 0.519. The molecule has 1 aliphatic heterocycles. The lowest BCUT2D eigenvalue weighted by Gasteiger charge is -2.14. The maximum Gasteiger partial charge on any atom is 0.0666 e. The lowest BCUT2D eigenvalue weighted by atomic mass is 10.3. The van der Waals surface area contributed by atoms with Crippen molar-refractivity contribution in [1.82, 2.24) is 5.32 Å². The first-order valence-electron chi connectivity index (χ1n) is 5.37. The molecule has 2 atom stereocenters. The highest BCUT2D eigenvalue weighted by Gasteiger charge is 2.16. The van der Waals surface area contributed by atoms with Gasteiger partial charge >= 0.3 is 0 Å². The third-order valence-corrected chi connectivity index (χ3v) is 3.61. The summed E-state index contributed by atoms with van der Waals surface area (Å²) in [5.74, 6) is 1.15. The minimum absolute atomic E-state index is 0.516. The van der Waals surface area contributed by atoms with E-state index in [1.165, 1.54) is 12.8 Å². The van der Waals surface area contributed by atoms with Gasteiger partial charge in [-0.1, -0.05) is 13.0 Å². The topological polar surface area (TPSA) is 21.3 Å². The fourth-order valence-corrected chi connectivity index (χ4v) is 2.54. The van der Waals surface area contributed by atoms with Crippen LogP contribution >= 0.6 is 11.8 Å². The fraction of sp³-hybridized carbons (Fsp3) is 0.818. The zero-order chi connectivity index (χ0) is 10.2.